The Kier molecular flexibility index (Phi) is 7.29. The summed E-state index contributed by atoms with van der Waals surface area (Å²) in [6, 6.07) is 11.4. The first-order valence-electron chi connectivity index (χ1n) is 7.90. The van der Waals surface area contributed by atoms with Crippen LogP contribution in [-0.2, 0) is 9.59 Å². The first-order chi connectivity index (χ1) is 12.3. The number of carbonyl (C=O) groups excluding carboxylic acids is 2. The Balaban J connectivity index is 1.93. The normalized spacial score (nSPS) is 13.0. The van der Waals surface area contributed by atoms with Crippen LogP contribution in [0.2, 0.25) is 15.1 Å². The number of hydrogen-bond acceptors (Lipinski definition) is 2. The Hall–Kier alpha value is -1.79. The van der Waals surface area contributed by atoms with Crippen LogP contribution in [0.4, 0.5) is 11.4 Å². The van der Waals surface area contributed by atoms with Crippen molar-refractivity contribution in [2.45, 2.75) is 13.0 Å². The SMILES string of the molecule is C[C@@H](C(=O)Nc1ccc(Cl)cc1)[NH+](C)CC(=O)Nc1c(Cl)cccc1Cl. The van der Waals surface area contributed by atoms with Gasteiger partial charge in [0.15, 0.2) is 12.6 Å². The van der Waals surface area contributed by atoms with Crippen molar-refractivity contribution in [3.63, 3.8) is 0 Å². The highest BCUT2D eigenvalue weighted by atomic mass is 35.5. The number of carbonyl (C=O) groups is 2. The quantitative estimate of drug-likeness (QED) is 0.679. The molecule has 138 valence electrons. The zero-order valence-electron chi connectivity index (χ0n) is 14.3. The van der Waals surface area contributed by atoms with E-state index < -0.39 is 6.04 Å². The molecule has 0 saturated carbocycles. The van der Waals surface area contributed by atoms with Crippen molar-refractivity contribution in [2.75, 3.05) is 24.2 Å². The van der Waals surface area contributed by atoms with Crippen molar-refractivity contribution < 1.29 is 14.5 Å². The minimum absolute atomic E-state index is 0.0801. The largest absolute Gasteiger partial charge is 0.321 e. The molecule has 0 bridgehead atoms. The average molecular weight is 416 g/mol. The summed E-state index contributed by atoms with van der Waals surface area (Å²) < 4.78 is 0. The van der Waals surface area contributed by atoms with E-state index in [2.05, 4.69) is 10.6 Å². The molecular weight excluding hydrogens is 397 g/mol. The standard InChI is InChI=1S/C18H18Cl3N3O2/c1-11(18(26)22-13-8-6-12(19)7-9-13)24(2)10-16(25)23-17-14(20)4-3-5-15(17)21/h3-9,11H,10H2,1-2H3,(H,22,26)(H,23,25)/p+1/t11-/m0/s1. The van der Waals surface area contributed by atoms with Gasteiger partial charge in [-0.15, -0.1) is 0 Å². The molecule has 2 rings (SSSR count). The Morgan fingerprint density at radius 2 is 1.58 bits per heavy atom. The highest BCUT2D eigenvalue weighted by Crippen LogP contribution is 2.29. The van der Waals surface area contributed by atoms with Gasteiger partial charge in [-0.3, -0.25) is 9.59 Å². The van der Waals surface area contributed by atoms with Crippen LogP contribution in [0.15, 0.2) is 42.5 Å². The van der Waals surface area contributed by atoms with E-state index in [9.17, 15) is 9.59 Å². The third-order valence-electron chi connectivity index (χ3n) is 3.91. The molecule has 0 aliphatic heterocycles. The lowest BCUT2D eigenvalue weighted by molar-refractivity contribution is -0.885. The molecule has 2 aromatic rings. The van der Waals surface area contributed by atoms with E-state index >= 15 is 0 Å². The molecular formula is C18H19Cl3N3O2+. The molecule has 0 heterocycles. The van der Waals surface area contributed by atoms with E-state index in [1.54, 1.807) is 56.4 Å². The minimum atomic E-state index is -0.446. The lowest BCUT2D eigenvalue weighted by Crippen LogP contribution is -3.14. The van der Waals surface area contributed by atoms with Gasteiger partial charge in [-0.25, -0.2) is 0 Å². The number of anilines is 2. The van der Waals surface area contributed by atoms with Crippen molar-refractivity contribution in [1.29, 1.82) is 0 Å². The van der Waals surface area contributed by atoms with Crippen molar-refractivity contribution in [2.24, 2.45) is 0 Å². The number of benzene rings is 2. The van der Waals surface area contributed by atoms with Gasteiger partial charge in [0.2, 0.25) is 0 Å². The Morgan fingerprint density at radius 3 is 2.15 bits per heavy atom. The zero-order valence-corrected chi connectivity index (χ0v) is 16.5. The van der Waals surface area contributed by atoms with Crippen molar-refractivity contribution in [1.82, 2.24) is 0 Å². The van der Waals surface area contributed by atoms with Gasteiger partial charge in [-0.05, 0) is 43.3 Å². The Labute approximate surface area is 167 Å². The van der Waals surface area contributed by atoms with Gasteiger partial charge in [0.25, 0.3) is 11.8 Å². The summed E-state index contributed by atoms with van der Waals surface area (Å²) in [4.78, 5) is 25.3. The maximum absolute atomic E-state index is 12.3. The van der Waals surface area contributed by atoms with Crippen LogP contribution in [0.1, 0.15) is 6.92 Å². The zero-order chi connectivity index (χ0) is 19.3. The highest BCUT2D eigenvalue weighted by molar-refractivity contribution is 6.39. The summed E-state index contributed by atoms with van der Waals surface area (Å²) in [6.07, 6.45) is 0. The summed E-state index contributed by atoms with van der Waals surface area (Å²) in [6.45, 7) is 1.83. The molecule has 3 N–H and O–H groups in total. The fourth-order valence-corrected chi connectivity index (χ4v) is 2.83. The number of likely N-dealkylation sites (N-methyl/N-ethyl adjacent to an activating group) is 1. The molecule has 0 aliphatic rings. The molecule has 2 atom stereocenters. The molecule has 0 fully saturated rings. The monoisotopic (exact) mass is 414 g/mol. The average Bonchev–Trinajstić information content (AvgIpc) is 2.59. The van der Waals surface area contributed by atoms with Crippen LogP contribution in [0.3, 0.4) is 0 Å². The van der Waals surface area contributed by atoms with Crippen LogP contribution in [0, 0.1) is 0 Å². The number of amides is 2. The fraction of sp³-hybridized carbons (Fsp3) is 0.222. The third kappa shape index (κ3) is 5.61. The maximum atomic E-state index is 12.3. The van der Waals surface area contributed by atoms with E-state index in [4.69, 9.17) is 34.8 Å². The van der Waals surface area contributed by atoms with Gasteiger partial charge in [-0.2, -0.15) is 0 Å². The molecule has 5 nitrogen and oxygen atoms in total. The third-order valence-corrected chi connectivity index (χ3v) is 4.79. The van der Waals surface area contributed by atoms with Crippen LogP contribution in [0.25, 0.3) is 0 Å². The number of nitrogens with one attached hydrogen (secondary N) is 3. The molecule has 0 spiro atoms. The maximum Gasteiger partial charge on any atom is 0.282 e. The first kappa shape index (κ1) is 20.5. The van der Waals surface area contributed by atoms with E-state index in [-0.39, 0.29) is 18.4 Å². The summed E-state index contributed by atoms with van der Waals surface area (Å²) in [5, 5.41) is 6.80. The lowest BCUT2D eigenvalue weighted by Gasteiger charge is -2.21. The highest BCUT2D eigenvalue weighted by Gasteiger charge is 2.24. The number of quaternary nitrogens is 1. The van der Waals surface area contributed by atoms with Gasteiger partial charge < -0.3 is 15.5 Å². The minimum Gasteiger partial charge on any atom is -0.321 e. The van der Waals surface area contributed by atoms with Crippen LogP contribution < -0.4 is 15.5 Å². The van der Waals surface area contributed by atoms with E-state index in [0.717, 1.165) is 4.90 Å². The molecule has 0 aromatic heterocycles. The fourth-order valence-electron chi connectivity index (χ4n) is 2.21. The predicted octanol–water partition coefficient (Wildman–Crippen LogP) is 3.13. The second kappa shape index (κ2) is 9.24. The number of rotatable bonds is 6. The first-order valence-corrected chi connectivity index (χ1v) is 9.04. The second-order valence-electron chi connectivity index (χ2n) is 5.89. The molecule has 2 amide bonds. The van der Waals surface area contributed by atoms with Crippen molar-refractivity contribution >= 4 is 58.0 Å². The van der Waals surface area contributed by atoms with Gasteiger partial charge in [0, 0.05) is 10.7 Å². The smallest absolute Gasteiger partial charge is 0.282 e. The number of hydrogen-bond donors (Lipinski definition) is 3. The van der Waals surface area contributed by atoms with Crippen LogP contribution in [-0.4, -0.2) is 31.4 Å². The van der Waals surface area contributed by atoms with Crippen LogP contribution >= 0.6 is 34.8 Å². The van der Waals surface area contributed by atoms with Gasteiger partial charge >= 0.3 is 0 Å². The van der Waals surface area contributed by atoms with E-state index in [1.807, 2.05) is 0 Å². The lowest BCUT2D eigenvalue weighted by atomic mass is 10.2. The summed E-state index contributed by atoms with van der Waals surface area (Å²) in [5.41, 5.74) is 1.01. The van der Waals surface area contributed by atoms with Gasteiger partial charge in [0.1, 0.15) is 0 Å². The summed E-state index contributed by atoms with van der Waals surface area (Å²) in [7, 11) is 1.76. The molecule has 0 aliphatic carbocycles. The van der Waals surface area contributed by atoms with Crippen molar-refractivity contribution in [3.8, 4) is 0 Å². The molecule has 1 unspecified atom stereocenters. The van der Waals surface area contributed by atoms with Crippen LogP contribution in [0.5, 0.6) is 0 Å². The summed E-state index contributed by atoms with van der Waals surface area (Å²) in [5.74, 6) is -0.489. The van der Waals surface area contributed by atoms with Gasteiger partial charge in [0.05, 0.1) is 22.8 Å². The molecule has 8 heteroatoms. The summed E-state index contributed by atoms with van der Waals surface area (Å²) >= 11 is 17.9. The topological polar surface area (TPSA) is 62.6 Å². The molecule has 0 radical (unpaired) electrons. The molecule has 0 saturated heterocycles. The molecule has 26 heavy (non-hydrogen) atoms. The number of para-hydroxylation sites is 1. The number of halogens is 3. The molecule has 2 aromatic carbocycles. The second-order valence-corrected chi connectivity index (χ2v) is 7.14. The van der Waals surface area contributed by atoms with Crippen molar-refractivity contribution in [3.05, 3.63) is 57.5 Å². The van der Waals surface area contributed by atoms with Gasteiger partial charge in [-0.1, -0.05) is 40.9 Å². The Bertz CT molecular complexity index is 777. The van der Waals surface area contributed by atoms with E-state index in [0.29, 0.717) is 26.4 Å². The van der Waals surface area contributed by atoms with E-state index in [1.165, 1.54) is 0 Å². The Morgan fingerprint density at radius 1 is 1.00 bits per heavy atom. The predicted molar refractivity (Wildman–Crippen MR) is 106 cm³/mol.